The molecule has 0 amide bonds. The summed E-state index contributed by atoms with van der Waals surface area (Å²) in [4.78, 5) is 6.31. The lowest BCUT2D eigenvalue weighted by Crippen LogP contribution is -2.26. The molecule has 0 spiro atoms. The molecule has 1 aromatic heterocycles. The maximum atomic E-state index is 5.60. The Bertz CT molecular complexity index is 659. The zero-order chi connectivity index (χ0) is 14.2. The number of thiazole rings is 1. The molecule has 4 heteroatoms. The highest BCUT2D eigenvalue weighted by atomic mass is 32.1. The fourth-order valence-corrected chi connectivity index (χ4v) is 4.38. The number of aromatic nitrogens is 1. The van der Waals surface area contributed by atoms with Crippen LogP contribution in [0.15, 0.2) is 18.2 Å². The van der Waals surface area contributed by atoms with Crippen LogP contribution in [0.1, 0.15) is 34.2 Å². The first-order valence-corrected chi connectivity index (χ1v) is 8.57. The second-order valence-electron chi connectivity index (χ2n) is 5.90. The van der Waals surface area contributed by atoms with Gasteiger partial charge in [-0.1, -0.05) is 0 Å². The van der Waals surface area contributed by atoms with E-state index in [-0.39, 0.29) is 0 Å². The van der Waals surface area contributed by atoms with Gasteiger partial charge in [0, 0.05) is 22.8 Å². The van der Waals surface area contributed by atoms with Crippen LogP contribution in [0, 0.1) is 6.92 Å². The van der Waals surface area contributed by atoms with Crippen LogP contribution in [0.3, 0.4) is 0 Å². The van der Waals surface area contributed by atoms with Crippen LogP contribution in [-0.2, 0) is 6.42 Å². The van der Waals surface area contributed by atoms with Crippen molar-refractivity contribution in [1.82, 2.24) is 10.3 Å². The minimum absolute atomic E-state index is 0.640. The fraction of sp³-hybridized carbons (Fsp3) is 0.471. The first-order valence-electron chi connectivity index (χ1n) is 7.75. The summed E-state index contributed by atoms with van der Waals surface area (Å²) >= 11 is 1.88. The first-order chi connectivity index (χ1) is 10.3. The molecular weight excluding hydrogens is 280 g/mol. The Morgan fingerprint density at radius 1 is 1.29 bits per heavy atom. The largest absolute Gasteiger partial charge is 0.493 e. The SMILES string of the molecule is Cc1sc(C2CCNCC2)nc1-c1ccc2c(c1)CCO2. The normalized spacial score (nSPS) is 18.5. The molecule has 0 aliphatic carbocycles. The van der Waals surface area contributed by atoms with E-state index in [2.05, 4.69) is 30.4 Å². The van der Waals surface area contributed by atoms with Gasteiger partial charge in [0.05, 0.1) is 17.3 Å². The van der Waals surface area contributed by atoms with Crippen LogP contribution >= 0.6 is 11.3 Å². The molecule has 0 bridgehead atoms. The van der Waals surface area contributed by atoms with Crippen molar-refractivity contribution in [2.24, 2.45) is 0 Å². The van der Waals surface area contributed by atoms with Crippen LogP contribution in [0.5, 0.6) is 5.75 Å². The van der Waals surface area contributed by atoms with E-state index in [1.165, 1.54) is 39.5 Å². The van der Waals surface area contributed by atoms with E-state index in [1.54, 1.807) is 0 Å². The lowest BCUT2D eigenvalue weighted by molar-refractivity contribution is 0.357. The molecule has 1 saturated heterocycles. The molecule has 2 aromatic rings. The molecule has 3 heterocycles. The third-order valence-electron chi connectivity index (χ3n) is 4.46. The van der Waals surface area contributed by atoms with Gasteiger partial charge in [0.25, 0.3) is 0 Å². The summed E-state index contributed by atoms with van der Waals surface area (Å²) in [7, 11) is 0. The van der Waals surface area contributed by atoms with Crippen molar-refractivity contribution in [3.63, 3.8) is 0 Å². The first kappa shape index (κ1) is 13.3. The van der Waals surface area contributed by atoms with Crippen molar-refractivity contribution in [1.29, 1.82) is 0 Å². The van der Waals surface area contributed by atoms with E-state index < -0.39 is 0 Å². The molecule has 110 valence electrons. The molecule has 1 aromatic carbocycles. The molecule has 0 unspecified atom stereocenters. The number of ether oxygens (including phenoxy) is 1. The minimum Gasteiger partial charge on any atom is -0.493 e. The predicted octanol–water partition coefficient (Wildman–Crippen LogP) is 3.52. The van der Waals surface area contributed by atoms with Crippen molar-refractivity contribution in [3.8, 4) is 17.0 Å². The van der Waals surface area contributed by atoms with E-state index in [0.29, 0.717) is 5.92 Å². The van der Waals surface area contributed by atoms with Crippen LogP contribution in [0.4, 0.5) is 0 Å². The van der Waals surface area contributed by atoms with E-state index in [9.17, 15) is 0 Å². The standard InChI is InChI=1S/C17H20N2OS/c1-11-16(14-2-3-15-13(10-14)6-9-20-15)19-17(21-11)12-4-7-18-8-5-12/h2-3,10,12,18H,4-9H2,1H3. The number of hydrogen-bond acceptors (Lipinski definition) is 4. The van der Waals surface area contributed by atoms with E-state index >= 15 is 0 Å². The number of rotatable bonds is 2. The Labute approximate surface area is 129 Å². The maximum Gasteiger partial charge on any atom is 0.122 e. The Kier molecular flexibility index (Phi) is 3.43. The average molecular weight is 300 g/mol. The van der Waals surface area contributed by atoms with Gasteiger partial charge in [-0.15, -0.1) is 11.3 Å². The monoisotopic (exact) mass is 300 g/mol. The van der Waals surface area contributed by atoms with Gasteiger partial charge in [0.1, 0.15) is 5.75 Å². The maximum absolute atomic E-state index is 5.60. The number of hydrogen-bond donors (Lipinski definition) is 1. The Balaban J connectivity index is 1.67. The molecule has 0 saturated carbocycles. The summed E-state index contributed by atoms with van der Waals surface area (Å²) < 4.78 is 5.60. The molecule has 0 radical (unpaired) electrons. The highest BCUT2D eigenvalue weighted by Crippen LogP contribution is 2.36. The van der Waals surface area contributed by atoms with Gasteiger partial charge in [-0.3, -0.25) is 0 Å². The molecule has 0 atom stereocenters. The summed E-state index contributed by atoms with van der Waals surface area (Å²) in [5.41, 5.74) is 3.74. The van der Waals surface area contributed by atoms with Gasteiger partial charge in [-0.25, -0.2) is 4.98 Å². The molecule has 3 nitrogen and oxygen atoms in total. The van der Waals surface area contributed by atoms with Crippen molar-refractivity contribution < 1.29 is 4.74 Å². The zero-order valence-corrected chi connectivity index (χ0v) is 13.1. The second-order valence-corrected chi connectivity index (χ2v) is 7.14. The Morgan fingerprint density at radius 3 is 3.00 bits per heavy atom. The number of piperidine rings is 1. The minimum atomic E-state index is 0.640. The van der Waals surface area contributed by atoms with Gasteiger partial charge in [-0.05, 0) is 56.6 Å². The van der Waals surface area contributed by atoms with Gasteiger partial charge in [-0.2, -0.15) is 0 Å². The second kappa shape index (κ2) is 5.43. The average Bonchev–Trinajstić information content (AvgIpc) is 3.13. The van der Waals surface area contributed by atoms with E-state index in [4.69, 9.17) is 9.72 Å². The van der Waals surface area contributed by atoms with Gasteiger partial charge >= 0.3 is 0 Å². The number of benzene rings is 1. The Morgan fingerprint density at radius 2 is 2.14 bits per heavy atom. The third kappa shape index (κ3) is 2.47. The molecule has 1 N–H and O–H groups in total. The van der Waals surface area contributed by atoms with Gasteiger partial charge < -0.3 is 10.1 Å². The molecule has 1 fully saturated rings. The molecule has 4 rings (SSSR count). The number of fused-ring (bicyclic) bond motifs is 1. The summed E-state index contributed by atoms with van der Waals surface area (Å²) in [5, 5.41) is 4.75. The lowest BCUT2D eigenvalue weighted by atomic mass is 9.99. The summed E-state index contributed by atoms with van der Waals surface area (Å²) in [5.74, 6) is 1.69. The van der Waals surface area contributed by atoms with E-state index in [1.807, 2.05) is 11.3 Å². The van der Waals surface area contributed by atoms with Gasteiger partial charge in [0.15, 0.2) is 0 Å². The van der Waals surface area contributed by atoms with Crippen LogP contribution in [-0.4, -0.2) is 24.7 Å². The predicted molar refractivity (Wildman–Crippen MR) is 86.3 cm³/mol. The quantitative estimate of drug-likeness (QED) is 0.921. The summed E-state index contributed by atoms with van der Waals surface area (Å²) in [6, 6.07) is 6.51. The Hall–Kier alpha value is -1.39. The molecule has 21 heavy (non-hydrogen) atoms. The molecular formula is C17H20N2OS. The van der Waals surface area contributed by atoms with Crippen LogP contribution in [0.2, 0.25) is 0 Å². The van der Waals surface area contributed by atoms with Crippen molar-refractivity contribution >= 4 is 11.3 Å². The number of nitrogens with zero attached hydrogens (tertiary/aromatic N) is 1. The smallest absolute Gasteiger partial charge is 0.122 e. The van der Waals surface area contributed by atoms with E-state index in [0.717, 1.165) is 31.9 Å². The number of nitrogens with one attached hydrogen (secondary N) is 1. The van der Waals surface area contributed by atoms with Crippen LogP contribution in [0.25, 0.3) is 11.3 Å². The number of aryl methyl sites for hydroxylation is 1. The van der Waals surface area contributed by atoms with Crippen LogP contribution < -0.4 is 10.1 Å². The highest BCUT2D eigenvalue weighted by molar-refractivity contribution is 7.12. The molecule has 2 aliphatic rings. The lowest BCUT2D eigenvalue weighted by Gasteiger charge is -2.20. The highest BCUT2D eigenvalue weighted by Gasteiger charge is 2.21. The summed E-state index contributed by atoms with van der Waals surface area (Å²) in [6.45, 7) is 5.25. The summed E-state index contributed by atoms with van der Waals surface area (Å²) in [6.07, 6.45) is 3.45. The zero-order valence-electron chi connectivity index (χ0n) is 12.3. The fourth-order valence-electron chi connectivity index (χ4n) is 3.26. The van der Waals surface area contributed by atoms with Crippen molar-refractivity contribution in [3.05, 3.63) is 33.6 Å². The van der Waals surface area contributed by atoms with Crippen molar-refractivity contribution in [2.75, 3.05) is 19.7 Å². The van der Waals surface area contributed by atoms with Crippen molar-refractivity contribution in [2.45, 2.75) is 32.1 Å². The van der Waals surface area contributed by atoms with Gasteiger partial charge in [0.2, 0.25) is 0 Å². The molecule has 2 aliphatic heterocycles. The topological polar surface area (TPSA) is 34.2 Å². The third-order valence-corrected chi connectivity index (χ3v) is 5.60.